The second-order valence-corrected chi connectivity index (χ2v) is 12.0. The normalized spacial score (nSPS) is 24.5. The first-order chi connectivity index (χ1) is 15.7. The van der Waals surface area contributed by atoms with Gasteiger partial charge in [-0.1, -0.05) is 62.7 Å². The van der Waals surface area contributed by atoms with E-state index < -0.39 is 4.87 Å². The SMILES string of the molecule is CC1CC(C)(C)CC2(C1)SCC(=O)N2NC(=O)c1[nH]c2ccc(Cl)cc2c1-c1ccccc1. The molecule has 3 aromatic rings. The Morgan fingerprint density at radius 1 is 1.18 bits per heavy atom. The number of fused-ring (bicyclic) bond motifs is 1. The Morgan fingerprint density at radius 2 is 1.94 bits per heavy atom. The average Bonchev–Trinajstić information content (AvgIpc) is 3.26. The lowest BCUT2D eigenvalue weighted by molar-refractivity contribution is -0.135. The topological polar surface area (TPSA) is 65.2 Å². The number of aromatic nitrogens is 1. The van der Waals surface area contributed by atoms with Crippen LogP contribution in [0.4, 0.5) is 0 Å². The quantitative estimate of drug-likeness (QED) is 0.464. The van der Waals surface area contributed by atoms with Crippen molar-refractivity contribution in [2.75, 3.05) is 5.75 Å². The van der Waals surface area contributed by atoms with Gasteiger partial charge >= 0.3 is 0 Å². The molecule has 5 rings (SSSR count). The van der Waals surface area contributed by atoms with Crippen LogP contribution in [0.15, 0.2) is 48.5 Å². The molecule has 0 radical (unpaired) electrons. The van der Waals surface area contributed by atoms with Gasteiger partial charge in [0.2, 0.25) is 0 Å². The first kappa shape index (κ1) is 22.4. The number of H-pyrrole nitrogens is 1. The van der Waals surface area contributed by atoms with Gasteiger partial charge in [0.05, 0.1) is 5.75 Å². The summed E-state index contributed by atoms with van der Waals surface area (Å²) in [6, 6.07) is 15.3. The van der Waals surface area contributed by atoms with Crippen LogP contribution in [-0.2, 0) is 4.79 Å². The summed E-state index contributed by atoms with van der Waals surface area (Å²) >= 11 is 7.96. The van der Waals surface area contributed by atoms with Crippen molar-refractivity contribution in [1.82, 2.24) is 15.4 Å². The molecule has 2 heterocycles. The molecule has 172 valence electrons. The molecule has 2 aliphatic rings. The first-order valence-corrected chi connectivity index (χ1v) is 12.7. The van der Waals surface area contributed by atoms with Crippen molar-refractivity contribution < 1.29 is 9.59 Å². The zero-order chi connectivity index (χ0) is 23.4. The number of benzene rings is 2. The molecule has 2 aromatic carbocycles. The van der Waals surface area contributed by atoms with Crippen LogP contribution in [-0.4, -0.2) is 32.4 Å². The average molecular weight is 482 g/mol. The summed E-state index contributed by atoms with van der Waals surface area (Å²) in [5.74, 6) is 0.504. The van der Waals surface area contributed by atoms with E-state index in [4.69, 9.17) is 11.6 Å². The second-order valence-electron chi connectivity index (χ2n) is 10.2. The van der Waals surface area contributed by atoms with Crippen LogP contribution < -0.4 is 5.43 Å². The van der Waals surface area contributed by atoms with Crippen molar-refractivity contribution in [2.45, 2.75) is 44.9 Å². The zero-order valence-electron chi connectivity index (χ0n) is 19.1. The first-order valence-electron chi connectivity index (χ1n) is 11.3. The number of halogens is 1. The molecule has 1 saturated carbocycles. The summed E-state index contributed by atoms with van der Waals surface area (Å²) in [5.41, 5.74) is 6.08. The lowest BCUT2D eigenvalue weighted by Crippen LogP contribution is -2.58. The minimum atomic E-state index is -0.407. The summed E-state index contributed by atoms with van der Waals surface area (Å²) in [4.78, 5) is 29.5. The van der Waals surface area contributed by atoms with Crippen molar-refractivity contribution in [3.63, 3.8) is 0 Å². The van der Waals surface area contributed by atoms with Crippen LogP contribution in [0.3, 0.4) is 0 Å². The fraction of sp³-hybridized carbons (Fsp3) is 0.385. The Morgan fingerprint density at radius 3 is 2.67 bits per heavy atom. The number of hydrogen-bond donors (Lipinski definition) is 2. The lowest BCUT2D eigenvalue weighted by Gasteiger charge is -2.48. The summed E-state index contributed by atoms with van der Waals surface area (Å²) in [5, 5.41) is 3.11. The van der Waals surface area contributed by atoms with E-state index in [1.165, 1.54) is 0 Å². The van der Waals surface area contributed by atoms with Gasteiger partial charge in [-0.05, 0) is 54.4 Å². The lowest BCUT2D eigenvalue weighted by atomic mass is 9.70. The Bertz CT molecular complexity index is 1240. The van der Waals surface area contributed by atoms with Crippen molar-refractivity contribution >= 4 is 46.1 Å². The van der Waals surface area contributed by atoms with Gasteiger partial charge in [0.25, 0.3) is 11.8 Å². The molecule has 1 aliphatic carbocycles. The molecule has 0 bridgehead atoms. The number of nitrogens with zero attached hydrogens (tertiary/aromatic N) is 1. The number of hydrogen-bond acceptors (Lipinski definition) is 3. The number of thioether (sulfide) groups is 1. The molecule has 2 unspecified atom stereocenters. The largest absolute Gasteiger partial charge is 0.350 e. The third kappa shape index (κ3) is 4.04. The number of rotatable bonds is 3. The summed E-state index contributed by atoms with van der Waals surface area (Å²) in [6.45, 7) is 6.74. The van der Waals surface area contributed by atoms with E-state index in [9.17, 15) is 9.59 Å². The predicted octanol–water partition coefficient (Wildman–Crippen LogP) is 6.25. The molecule has 2 amide bonds. The third-order valence-electron chi connectivity index (χ3n) is 6.71. The smallest absolute Gasteiger partial charge is 0.286 e. The number of aromatic amines is 1. The molecule has 2 fully saturated rings. The second kappa shape index (κ2) is 8.10. The number of hydrazine groups is 1. The minimum absolute atomic E-state index is 0.0429. The fourth-order valence-corrected chi connectivity index (χ4v) is 7.71. The number of carbonyl (C=O) groups is 2. The van der Waals surface area contributed by atoms with Gasteiger partial charge in [0, 0.05) is 21.5 Å². The van der Waals surface area contributed by atoms with Gasteiger partial charge < -0.3 is 4.98 Å². The Kier molecular flexibility index (Phi) is 5.49. The van der Waals surface area contributed by atoms with Crippen LogP contribution in [0.25, 0.3) is 22.0 Å². The third-order valence-corrected chi connectivity index (χ3v) is 8.37. The molecule has 1 spiro atoms. The van der Waals surface area contributed by atoms with Crippen LogP contribution in [0.1, 0.15) is 50.5 Å². The van der Waals surface area contributed by atoms with E-state index >= 15 is 0 Å². The van der Waals surface area contributed by atoms with E-state index in [2.05, 4.69) is 31.2 Å². The highest BCUT2D eigenvalue weighted by Gasteiger charge is 2.53. The fourth-order valence-electron chi connectivity index (χ4n) is 5.85. The number of amides is 2. The maximum atomic E-state index is 13.7. The van der Waals surface area contributed by atoms with Crippen molar-refractivity contribution in [3.8, 4) is 11.1 Å². The molecule has 1 aromatic heterocycles. The van der Waals surface area contributed by atoms with Crippen molar-refractivity contribution in [3.05, 3.63) is 59.2 Å². The Hall–Kier alpha value is -2.44. The standard InChI is InChI=1S/C26H28ClN3O2S/c1-16-12-25(2,3)15-26(13-16)30(21(31)14-33-26)29-24(32)23-22(17-7-5-4-6-8-17)19-11-18(27)9-10-20(19)28-23/h4-11,16,28H,12-15H2,1-3H3,(H,29,32). The monoisotopic (exact) mass is 481 g/mol. The molecule has 2 N–H and O–H groups in total. The van der Waals surface area contributed by atoms with Crippen LogP contribution in [0.5, 0.6) is 0 Å². The molecular weight excluding hydrogens is 454 g/mol. The maximum Gasteiger partial charge on any atom is 0.286 e. The highest BCUT2D eigenvalue weighted by Crippen LogP contribution is 2.54. The Labute approximate surface area is 203 Å². The summed E-state index contributed by atoms with van der Waals surface area (Å²) in [7, 11) is 0. The Balaban J connectivity index is 1.55. The molecule has 7 heteroatoms. The maximum absolute atomic E-state index is 13.7. The van der Waals surface area contributed by atoms with E-state index in [0.29, 0.717) is 22.4 Å². The van der Waals surface area contributed by atoms with Crippen molar-refractivity contribution in [1.29, 1.82) is 0 Å². The van der Waals surface area contributed by atoms with Gasteiger partial charge in [-0.3, -0.25) is 15.0 Å². The highest BCUT2D eigenvalue weighted by atomic mass is 35.5. The molecule has 33 heavy (non-hydrogen) atoms. The van der Waals surface area contributed by atoms with Crippen LogP contribution in [0.2, 0.25) is 5.02 Å². The predicted molar refractivity (Wildman–Crippen MR) is 135 cm³/mol. The van der Waals surface area contributed by atoms with Crippen LogP contribution >= 0.6 is 23.4 Å². The van der Waals surface area contributed by atoms with E-state index in [1.54, 1.807) is 22.8 Å². The molecular formula is C26H28ClN3O2S. The van der Waals surface area contributed by atoms with Gasteiger partial charge in [0.1, 0.15) is 10.6 Å². The summed E-state index contributed by atoms with van der Waals surface area (Å²) < 4.78 is 0. The number of carbonyl (C=O) groups excluding carboxylic acids is 2. The van der Waals surface area contributed by atoms with Crippen LogP contribution in [0, 0.1) is 11.3 Å². The van der Waals surface area contributed by atoms with Gasteiger partial charge in [0.15, 0.2) is 0 Å². The zero-order valence-corrected chi connectivity index (χ0v) is 20.6. The molecule has 5 nitrogen and oxygen atoms in total. The van der Waals surface area contributed by atoms with Gasteiger partial charge in [-0.2, -0.15) is 0 Å². The molecule has 2 atom stereocenters. The van der Waals surface area contributed by atoms with E-state index in [1.807, 2.05) is 42.5 Å². The molecule has 1 aliphatic heterocycles. The van der Waals surface area contributed by atoms with Crippen molar-refractivity contribution in [2.24, 2.45) is 11.3 Å². The van der Waals surface area contributed by atoms with E-state index in [-0.39, 0.29) is 17.2 Å². The number of nitrogens with one attached hydrogen (secondary N) is 2. The highest BCUT2D eigenvalue weighted by molar-refractivity contribution is 8.01. The van der Waals surface area contributed by atoms with E-state index in [0.717, 1.165) is 41.3 Å². The minimum Gasteiger partial charge on any atom is -0.350 e. The summed E-state index contributed by atoms with van der Waals surface area (Å²) in [6.07, 6.45) is 2.85. The molecule has 1 saturated heterocycles. The van der Waals surface area contributed by atoms with Gasteiger partial charge in [-0.15, -0.1) is 11.8 Å². The van der Waals surface area contributed by atoms with Gasteiger partial charge in [-0.25, -0.2) is 5.01 Å².